The quantitative estimate of drug-likeness (QED) is 0.883. The van der Waals surface area contributed by atoms with E-state index in [0.717, 1.165) is 36.9 Å². The summed E-state index contributed by atoms with van der Waals surface area (Å²) in [6.45, 7) is 2.99. The van der Waals surface area contributed by atoms with Crippen molar-refractivity contribution in [2.45, 2.75) is 44.2 Å². The van der Waals surface area contributed by atoms with Crippen LogP contribution in [-0.2, 0) is 6.42 Å². The lowest BCUT2D eigenvalue weighted by Gasteiger charge is -2.35. The lowest BCUT2D eigenvalue weighted by molar-refractivity contribution is 0.0896. The molecule has 4 heteroatoms. The van der Waals surface area contributed by atoms with Crippen molar-refractivity contribution in [3.63, 3.8) is 0 Å². The molecule has 2 fully saturated rings. The van der Waals surface area contributed by atoms with Crippen molar-refractivity contribution in [2.24, 2.45) is 5.73 Å². The summed E-state index contributed by atoms with van der Waals surface area (Å²) in [5, 5.41) is 3.22. The van der Waals surface area contributed by atoms with E-state index in [1.54, 1.807) is 0 Å². The fourth-order valence-corrected chi connectivity index (χ4v) is 3.66. The van der Waals surface area contributed by atoms with Crippen LogP contribution < -0.4 is 11.1 Å². The number of hydrogen-bond donors (Lipinski definition) is 2. The highest BCUT2D eigenvalue weighted by molar-refractivity contribution is 5.94. The fraction of sp³-hybridized carbons (Fsp3) is 0.588. The van der Waals surface area contributed by atoms with Crippen molar-refractivity contribution in [3.05, 3.63) is 35.4 Å². The molecule has 0 saturated carbocycles. The zero-order valence-corrected chi connectivity index (χ0v) is 12.6. The number of rotatable bonds is 4. The van der Waals surface area contributed by atoms with E-state index >= 15 is 0 Å². The maximum absolute atomic E-state index is 12.4. The first kappa shape index (κ1) is 14.5. The predicted molar refractivity (Wildman–Crippen MR) is 84.3 cm³/mol. The van der Waals surface area contributed by atoms with Gasteiger partial charge in [-0.2, -0.15) is 0 Å². The van der Waals surface area contributed by atoms with Crippen molar-refractivity contribution in [2.75, 3.05) is 19.6 Å². The Labute approximate surface area is 126 Å². The molecule has 0 aromatic heterocycles. The van der Waals surface area contributed by atoms with Gasteiger partial charge in [-0.05, 0) is 62.9 Å². The van der Waals surface area contributed by atoms with Gasteiger partial charge in [-0.3, -0.25) is 4.79 Å². The van der Waals surface area contributed by atoms with E-state index in [1.807, 2.05) is 24.3 Å². The summed E-state index contributed by atoms with van der Waals surface area (Å²) >= 11 is 0. The fourth-order valence-electron chi connectivity index (χ4n) is 3.66. The molecule has 2 saturated heterocycles. The van der Waals surface area contributed by atoms with Gasteiger partial charge >= 0.3 is 0 Å². The molecule has 114 valence electrons. The molecule has 2 aliphatic rings. The summed E-state index contributed by atoms with van der Waals surface area (Å²) in [6.07, 6.45) is 5.60. The molecular formula is C17H25N3O. The van der Waals surface area contributed by atoms with Crippen molar-refractivity contribution < 1.29 is 4.79 Å². The molecule has 2 heterocycles. The van der Waals surface area contributed by atoms with Crippen molar-refractivity contribution in [1.82, 2.24) is 10.2 Å². The van der Waals surface area contributed by atoms with Gasteiger partial charge in [0.2, 0.25) is 0 Å². The number of hydrogen-bond acceptors (Lipinski definition) is 3. The standard InChI is InChI=1S/C17H25N3O/c18-8-6-13-3-1-4-14(11-13)17(21)19-15-7-10-20-9-2-5-16(20)12-15/h1,3-4,11,15-16H,2,5-10,12,18H2,(H,19,21). The van der Waals surface area contributed by atoms with Crippen molar-refractivity contribution in [3.8, 4) is 0 Å². The first-order chi connectivity index (χ1) is 10.3. The average Bonchev–Trinajstić information content (AvgIpc) is 2.95. The van der Waals surface area contributed by atoms with Gasteiger partial charge in [-0.15, -0.1) is 0 Å². The maximum atomic E-state index is 12.4. The van der Waals surface area contributed by atoms with E-state index in [-0.39, 0.29) is 5.91 Å². The number of benzene rings is 1. The molecule has 2 aliphatic heterocycles. The predicted octanol–water partition coefficient (Wildman–Crippen LogP) is 1.54. The zero-order chi connectivity index (χ0) is 14.7. The average molecular weight is 287 g/mol. The number of nitrogens with zero attached hydrogens (tertiary/aromatic N) is 1. The van der Waals surface area contributed by atoms with Crippen molar-refractivity contribution in [1.29, 1.82) is 0 Å². The third-order valence-corrected chi connectivity index (χ3v) is 4.78. The molecule has 4 nitrogen and oxygen atoms in total. The van der Waals surface area contributed by atoms with Crippen LogP contribution in [-0.4, -0.2) is 42.5 Å². The highest BCUT2D eigenvalue weighted by atomic mass is 16.1. The highest BCUT2D eigenvalue weighted by Gasteiger charge is 2.32. The second-order valence-corrected chi connectivity index (χ2v) is 6.27. The Hall–Kier alpha value is -1.39. The lowest BCUT2D eigenvalue weighted by Crippen LogP contribution is -2.47. The van der Waals surface area contributed by atoms with Crippen LogP contribution in [0.4, 0.5) is 0 Å². The number of nitrogens with one attached hydrogen (secondary N) is 1. The SMILES string of the molecule is NCCc1cccc(C(=O)NC2CCN3CCCC3C2)c1. The van der Waals surface area contributed by atoms with Crippen LogP contribution in [0.2, 0.25) is 0 Å². The van der Waals surface area contributed by atoms with E-state index in [9.17, 15) is 4.79 Å². The lowest BCUT2D eigenvalue weighted by atomic mass is 9.97. The summed E-state index contributed by atoms with van der Waals surface area (Å²) in [6, 6.07) is 8.84. The molecule has 1 amide bonds. The number of piperidine rings is 1. The van der Waals surface area contributed by atoms with Crippen LogP contribution in [0.3, 0.4) is 0 Å². The summed E-state index contributed by atoms with van der Waals surface area (Å²) < 4.78 is 0. The number of fused-ring (bicyclic) bond motifs is 1. The minimum absolute atomic E-state index is 0.0605. The second kappa shape index (κ2) is 6.58. The van der Waals surface area contributed by atoms with Crippen LogP contribution >= 0.6 is 0 Å². The minimum Gasteiger partial charge on any atom is -0.349 e. The maximum Gasteiger partial charge on any atom is 0.251 e. The first-order valence-corrected chi connectivity index (χ1v) is 8.10. The van der Waals surface area contributed by atoms with E-state index < -0.39 is 0 Å². The van der Waals surface area contributed by atoms with Crippen LogP contribution in [0.1, 0.15) is 41.6 Å². The Morgan fingerprint density at radius 3 is 3.10 bits per heavy atom. The molecule has 21 heavy (non-hydrogen) atoms. The Morgan fingerprint density at radius 1 is 1.33 bits per heavy atom. The molecule has 0 spiro atoms. The van der Waals surface area contributed by atoms with E-state index in [1.165, 1.54) is 19.4 Å². The van der Waals surface area contributed by atoms with Crippen LogP contribution in [0.25, 0.3) is 0 Å². The van der Waals surface area contributed by atoms with Gasteiger partial charge < -0.3 is 16.0 Å². The van der Waals surface area contributed by atoms with Gasteiger partial charge in [0.25, 0.3) is 5.91 Å². The summed E-state index contributed by atoms with van der Waals surface area (Å²) in [5.74, 6) is 0.0605. The Kier molecular flexibility index (Phi) is 4.56. The Morgan fingerprint density at radius 2 is 2.24 bits per heavy atom. The molecule has 3 rings (SSSR count). The van der Waals surface area contributed by atoms with E-state index in [4.69, 9.17) is 5.73 Å². The molecular weight excluding hydrogens is 262 g/mol. The molecule has 1 aromatic carbocycles. The van der Waals surface area contributed by atoms with Gasteiger partial charge in [0.15, 0.2) is 0 Å². The molecule has 3 N–H and O–H groups in total. The van der Waals surface area contributed by atoms with Crippen LogP contribution in [0, 0.1) is 0 Å². The smallest absolute Gasteiger partial charge is 0.251 e. The monoisotopic (exact) mass is 287 g/mol. The largest absolute Gasteiger partial charge is 0.349 e. The summed E-state index contributed by atoms with van der Waals surface area (Å²) in [5.41, 5.74) is 7.47. The molecule has 2 unspecified atom stereocenters. The van der Waals surface area contributed by atoms with Crippen LogP contribution in [0.5, 0.6) is 0 Å². The van der Waals surface area contributed by atoms with Gasteiger partial charge in [0.1, 0.15) is 0 Å². The number of carbonyl (C=O) groups is 1. The first-order valence-electron chi connectivity index (χ1n) is 8.10. The van der Waals surface area contributed by atoms with Gasteiger partial charge in [0, 0.05) is 24.2 Å². The molecule has 0 radical (unpaired) electrons. The van der Waals surface area contributed by atoms with Gasteiger partial charge in [0.05, 0.1) is 0 Å². The van der Waals surface area contributed by atoms with E-state index in [2.05, 4.69) is 10.2 Å². The van der Waals surface area contributed by atoms with E-state index in [0.29, 0.717) is 18.6 Å². The summed E-state index contributed by atoms with van der Waals surface area (Å²) in [7, 11) is 0. The number of carbonyl (C=O) groups excluding carboxylic acids is 1. The van der Waals surface area contributed by atoms with Gasteiger partial charge in [-0.25, -0.2) is 0 Å². The normalized spacial score (nSPS) is 25.6. The Bertz CT molecular complexity index is 503. The Balaban J connectivity index is 1.59. The third-order valence-electron chi connectivity index (χ3n) is 4.78. The van der Waals surface area contributed by atoms with Gasteiger partial charge in [-0.1, -0.05) is 12.1 Å². The molecule has 2 atom stereocenters. The summed E-state index contributed by atoms with van der Waals surface area (Å²) in [4.78, 5) is 15.0. The second-order valence-electron chi connectivity index (χ2n) is 6.27. The molecule has 0 aliphatic carbocycles. The van der Waals surface area contributed by atoms with Crippen molar-refractivity contribution >= 4 is 5.91 Å². The number of nitrogens with two attached hydrogens (primary N) is 1. The van der Waals surface area contributed by atoms with Crippen LogP contribution in [0.15, 0.2) is 24.3 Å². The third kappa shape index (κ3) is 3.44. The zero-order valence-electron chi connectivity index (χ0n) is 12.6. The minimum atomic E-state index is 0.0605. The topological polar surface area (TPSA) is 58.4 Å². The molecule has 0 bridgehead atoms. The highest BCUT2D eigenvalue weighted by Crippen LogP contribution is 2.26. The number of amides is 1. The molecule has 1 aromatic rings.